The topological polar surface area (TPSA) is 42.2 Å². The first kappa shape index (κ1) is 6.35. The predicted molar refractivity (Wildman–Crippen MR) is 40.9 cm³/mol. The maximum Gasteiger partial charge on any atom is 0.181 e. The summed E-state index contributed by atoms with van der Waals surface area (Å²) in [4.78, 5) is 5.87. The van der Waals surface area contributed by atoms with Gasteiger partial charge in [-0.05, 0) is 0 Å². The van der Waals surface area contributed by atoms with Gasteiger partial charge in [0.25, 0.3) is 0 Å². The van der Waals surface area contributed by atoms with Gasteiger partial charge >= 0.3 is 0 Å². The molecule has 1 heterocycles. The van der Waals surface area contributed by atoms with E-state index in [-0.39, 0.29) is 0 Å². The molecule has 0 aromatic carbocycles. The number of nitrogen functional groups attached to an aromatic ring is 1. The molecule has 0 atom stereocenters. The van der Waals surface area contributed by atoms with E-state index >= 15 is 0 Å². The number of rotatable bonds is 1. The zero-order chi connectivity index (χ0) is 6.85. The molecule has 0 amide bonds. The third kappa shape index (κ3) is 1.32. The van der Waals surface area contributed by atoms with Crippen LogP contribution in [0, 0.1) is 0 Å². The molecule has 0 aliphatic heterocycles. The third-order valence-electron chi connectivity index (χ3n) is 0.952. The van der Waals surface area contributed by atoms with Gasteiger partial charge in [0.2, 0.25) is 0 Å². The number of hydrogen-bond acceptors (Lipinski definition) is 4. The molecule has 2 N–H and O–H groups in total. The van der Waals surface area contributed by atoms with Crippen molar-refractivity contribution in [1.82, 2.24) is 4.98 Å². The van der Waals surface area contributed by atoms with E-state index in [1.54, 1.807) is 6.20 Å². The second-order valence-electron chi connectivity index (χ2n) is 1.93. The third-order valence-corrected chi connectivity index (χ3v) is 1.95. The number of aromatic nitrogens is 1. The van der Waals surface area contributed by atoms with Gasteiger partial charge in [0, 0.05) is 14.1 Å². The van der Waals surface area contributed by atoms with Crippen molar-refractivity contribution in [3.8, 4) is 0 Å². The van der Waals surface area contributed by atoms with Crippen LogP contribution in [0.25, 0.3) is 0 Å². The smallest absolute Gasteiger partial charge is 0.181 e. The standard InChI is InChI=1S/C5H9N3S/c1-8(2)4-3-7-5(6)9-4/h3H,1-2H3,(H2,6,7). The summed E-state index contributed by atoms with van der Waals surface area (Å²) >= 11 is 1.49. The minimum atomic E-state index is 0.624. The molecule has 0 bridgehead atoms. The van der Waals surface area contributed by atoms with E-state index in [2.05, 4.69) is 4.98 Å². The zero-order valence-electron chi connectivity index (χ0n) is 5.46. The van der Waals surface area contributed by atoms with E-state index in [0.717, 1.165) is 5.00 Å². The molecule has 0 fully saturated rings. The van der Waals surface area contributed by atoms with Crippen LogP contribution in [-0.4, -0.2) is 19.1 Å². The van der Waals surface area contributed by atoms with Crippen molar-refractivity contribution < 1.29 is 0 Å². The van der Waals surface area contributed by atoms with Gasteiger partial charge in [0.1, 0.15) is 5.00 Å². The molecular weight excluding hydrogens is 134 g/mol. The second-order valence-corrected chi connectivity index (χ2v) is 2.97. The summed E-state index contributed by atoms with van der Waals surface area (Å²) in [5.74, 6) is 0. The Morgan fingerprint density at radius 2 is 2.33 bits per heavy atom. The van der Waals surface area contributed by atoms with E-state index in [1.165, 1.54) is 11.3 Å². The van der Waals surface area contributed by atoms with Crippen LogP contribution in [0.4, 0.5) is 10.1 Å². The minimum Gasteiger partial charge on any atom is -0.375 e. The average molecular weight is 143 g/mol. The lowest BCUT2D eigenvalue weighted by Crippen LogP contribution is -2.05. The van der Waals surface area contributed by atoms with Crippen molar-refractivity contribution in [3.05, 3.63) is 6.20 Å². The Balaban J connectivity index is 2.85. The summed E-state index contributed by atoms with van der Waals surface area (Å²) < 4.78 is 0. The summed E-state index contributed by atoms with van der Waals surface area (Å²) in [5.41, 5.74) is 5.40. The van der Waals surface area contributed by atoms with Gasteiger partial charge in [-0.2, -0.15) is 0 Å². The minimum absolute atomic E-state index is 0.624. The second kappa shape index (κ2) is 2.23. The van der Waals surface area contributed by atoms with Crippen LogP contribution in [0.15, 0.2) is 6.20 Å². The molecule has 1 aromatic heterocycles. The molecule has 0 aliphatic carbocycles. The van der Waals surface area contributed by atoms with Crippen molar-refractivity contribution in [3.63, 3.8) is 0 Å². The quantitative estimate of drug-likeness (QED) is 0.632. The Morgan fingerprint density at radius 1 is 1.67 bits per heavy atom. The summed E-state index contributed by atoms with van der Waals surface area (Å²) in [6.07, 6.45) is 1.76. The van der Waals surface area contributed by atoms with Crippen LogP contribution < -0.4 is 10.6 Å². The first-order chi connectivity index (χ1) is 4.20. The predicted octanol–water partition coefficient (Wildman–Crippen LogP) is 0.791. The van der Waals surface area contributed by atoms with Crippen molar-refractivity contribution in [2.75, 3.05) is 24.7 Å². The van der Waals surface area contributed by atoms with E-state index in [9.17, 15) is 0 Å². The molecule has 0 spiro atoms. The van der Waals surface area contributed by atoms with Crippen LogP contribution in [0.5, 0.6) is 0 Å². The number of thiazole rings is 1. The first-order valence-electron chi connectivity index (χ1n) is 2.59. The van der Waals surface area contributed by atoms with Gasteiger partial charge in [-0.15, -0.1) is 0 Å². The highest BCUT2D eigenvalue weighted by Crippen LogP contribution is 2.21. The summed E-state index contributed by atoms with van der Waals surface area (Å²) in [5, 5.41) is 1.71. The van der Waals surface area contributed by atoms with Gasteiger partial charge in [0.05, 0.1) is 6.20 Å². The molecule has 4 heteroatoms. The van der Waals surface area contributed by atoms with E-state index in [0.29, 0.717) is 5.13 Å². The molecule has 0 radical (unpaired) electrons. The molecule has 50 valence electrons. The Labute approximate surface area is 58.1 Å². The SMILES string of the molecule is CN(C)c1cnc(N)s1. The molecule has 3 nitrogen and oxygen atoms in total. The first-order valence-corrected chi connectivity index (χ1v) is 3.40. The van der Waals surface area contributed by atoms with Crippen molar-refractivity contribution in [1.29, 1.82) is 0 Å². The maximum atomic E-state index is 5.40. The van der Waals surface area contributed by atoms with Gasteiger partial charge in [-0.25, -0.2) is 4.98 Å². The lowest BCUT2D eigenvalue weighted by atomic mass is 10.7. The van der Waals surface area contributed by atoms with Gasteiger partial charge in [-0.3, -0.25) is 0 Å². The Morgan fingerprint density at radius 3 is 2.56 bits per heavy atom. The molecule has 0 unspecified atom stereocenters. The zero-order valence-corrected chi connectivity index (χ0v) is 6.27. The van der Waals surface area contributed by atoms with Crippen molar-refractivity contribution >= 4 is 21.5 Å². The summed E-state index contributed by atoms with van der Waals surface area (Å²) in [6.45, 7) is 0. The molecule has 0 saturated carbocycles. The number of nitrogens with two attached hydrogens (primary N) is 1. The van der Waals surface area contributed by atoms with Crippen molar-refractivity contribution in [2.24, 2.45) is 0 Å². The molecule has 1 aromatic rings. The molecule has 1 rings (SSSR count). The lowest BCUT2D eigenvalue weighted by molar-refractivity contribution is 1.15. The van der Waals surface area contributed by atoms with Crippen LogP contribution in [0.1, 0.15) is 0 Å². The number of hydrogen-bond donors (Lipinski definition) is 1. The van der Waals surface area contributed by atoms with E-state index < -0.39 is 0 Å². The van der Waals surface area contributed by atoms with Crippen LogP contribution in [0.3, 0.4) is 0 Å². The molecule has 0 saturated heterocycles. The normalized spacial score (nSPS) is 9.56. The Kier molecular flexibility index (Phi) is 1.57. The molecular formula is C5H9N3S. The van der Waals surface area contributed by atoms with Gasteiger partial charge < -0.3 is 10.6 Å². The van der Waals surface area contributed by atoms with E-state index in [1.807, 2.05) is 19.0 Å². The van der Waals surface area contributed by atoms with Crippen molar-refractivity contribution in [2.45, 2.75) is 0 Å². The highest BCUT2D eigenvalue weighted by atomic mass is 32.1. The Hall–Kier alpha value is -0.770. The van der Waals surface area contributed by atoms with Crippen LogP contribution in [0.2, 0.25) is 0 Å². The fourth-order valence-corrected chi connectivity index (χ4v) is 1.09. The Bertz CT molecular complexity index is 194. The van der Waals surface area contributed by atoms with Crippen LogP contribution >= 0.6 is 11.3 Å². The number of anilines is 2. The molecule has 0 aliphatic rings. The highest BCUT2D eigenvalue weighted by Gasteiger charge is 1.97. The van der Waals surface area contributed by atoms with Crippen LogP contribution in [-0.2, 0) is 0 Å². The monoisotopic (exact) mass is 143 g/mol. The summed E-state index contributed by atoms with van der Waals surface area (Å²) in [6, 6.07) is 0. The molecule has 9 heavy (non-hydrogen) atoms. The summed E-state index contributed by atoms with van der Waals surface area (Å²) in [7, 11) is 3.93. The maximum absolute atomic E-state index is 5.40. The largest absolute Gasteiger partial charge is 0.375 e. The van der Waals surface area contributed by atoms with E-state index in [4.69, 9.17) is 5.73 Å². The van der Waals surface area contributed by atoms with Gasteiger partial charge in [-0.1, -0.05) is 11.3 Å². The lowest BCUT2D eigenvalue weighted by Gasteiger charge is -2.05. The average Bonchev–Trinajstić information content (AvgIpc) is 2.14. The fourth-order valence-electron chi connectivity index (χ4n) is 0.485. The highest BCUT2D eigenvalue weighted by molar-refractivity contribution is 7.19. The fraction of sp³-hybridized carbons (Fsp3) is 0.400. The van der Waals surface area contributed by atoms with Gasteiger partial charge in [0.15, 0.2) is 5.13 Å². The number of nitrogens with zero attached hydrogens (tertiary/aromatic N) is 2.